The fraction of sp³-hybridized carbons (Fsp3) is 0.500. The number of nitrogen functional groups attached to an aromatic ring is 1. The van der Waals surface area contributed by atoms with Crippen LogP contribution in [-0.4, -0.2) is 25.2 Å². The SMILES string of the molecule is NNc1ccc(Cl)c(CSc2nnnn2C2CCCC2)n1. The van der Waals surface area contributed by atoms with Gasteiger partial charge in [-0.1, -0.05) is 36.2 Å². The molecule has 3 rings (SSSR count). The molecular formula is C12H16ClN7S. The lowest BCUT2D eigenvalue weighted by Gasteiger charge is -2.11. The summed E-state index contributed by atoms with van der Waals surface area (Å²) in [5.41, 5.74) is 3.28. The van der Waals surface area contributed by atoms with Crippen molar-refractivity contribution in [3.05, 3.63) is 22.8 Å². The van der Waals surface area contributed by atoms with Gasteiger partial charge in [0.25, 0.3) is 0 Å². The van der Waals surface area contributed by atoms with Gasteiger partial charge in [-0.25, -0.2) is 15.5 Å². The molecule has 21 heavy (non-hydrogen) atoms. The van der Waals surface area contributed by atoms with Crippen LogP contribution in [-0.2, 0) is 5.75 Å². The topological polar surface area (TPSA) is 94.5 Å². The quantitative estimate of drug-likeness (QED) is 0.495. The van der Waals surface area contributed by atoms with Crippen molar-refractivity contribution in [1.82, 2.24) is 25.2 Å². The van der Waals surface area contributed by atoms with Crippen molar-refractivity contribution in [1.29, 1.82) is 0 Å². The highest BCUT2D eigenvalue weighted by atomic mass is 35.5. The minimum Gasteiger partial charge on any atom is -0.308 e. The zero-order valence-electron chi connectivity index (χ0n) is 11.4. The Balaban J connectivity index is 1.72. The Hall–Kier alpha value is -1.38. The van der Waals surface area contributed by atoms with Crippen LogP contribution < -0.4 is 11.3 Å². The predicted molar refractivity (Wildman–Crippen MR) is 81.9 cm³/mol. The molecule has 0 spiro atoms. The first-order valence-electron chi connectivity index (χ1n) is 6.80. The summed E-state index contributed by atoms with van der Waals surface area (Å²) in [4.78, 5) is 4.35. The van der Waals surface area contributed by atoms with Crippen LogP contribution in [0.2, 0.25) is 5.02 Å². The summed E-state index contributed by atoms with van der Waals surface area (Å²) in [6.07, 6.45) is 4.77. The summed E-state index contributed by atoms with van der Waals surface area (Å²) in [7, 11) is 0. The van der Waals surface area contributed by atoms with Crippen LogP contribution in [0.3, 0.4) is 0 Å². The molecule has 1 aliphatic rings. The summed E-state index contributed by atoms with van der Waals surface area (Å²) in [6, 6.07) is 3.93. The number of tetrazole rings is 1. The van der Waals surface area contributed by atoms with E-state index < -0.39 is 0 Å². The van der Waals surface area contributed by atoms with E-state index in [4.69, 9.17) is 17.4 Å². The van der Waals surface area contributed by atoms with Crippen molar-refractivity contribution in [2.45, 2.75) is 42.6 Å². The Labute approximate surface area is 131 Å². The number of pyridine rings is 1. The molecule has 2 aromatic heterocycles. The third kappa shape index (κ3) is 3.28. The summed E-state index contributed by atoms with van der Waals surface area (Å²) < 4.78 is 1.93. The Morgan fingerprint density at radius 3 is 2.95 bits per heavy atom. The molecule has 0 aliphatic heterocycles. The van der Waals surface area contributed by atoms with E-state index in [2.05, 4.69) is 25.9 Å². The minimum absolute atomic E-state index is 0.419. The van der Waals surface area contributed by atoms with Gasteiger partial charge < -0.3 is 5.43 Å². The molecule has 0 amide bonds. The smallest absolute Gasteiger partial charge is 0.209 e. The fourth-order valence-electron chi connectivity index (χ4n) is 2.46. The lowest BCUT2D eigenvalue weighted by Crippen LogP contribution is -2.10. The highest BCUT2D eigenvalue weighted by molar-refractivity contribution is 7.98. The van der Waals surface area contributed by atoms with E-state index >= 15 is 0 Å². The number of anilines is 1. The summed E-state index contributed by atoms with van der Waals surface area (Å²) in [6.45, 7) is 0. The average Bonchev–Trinajstić information content (AvgIpc) is 3.17. The van der Waals surface area contributed by atoms with E-state index in [1.165, 1.54) is 24.6 Å². The molecular weight excluding hydrogens is 310 g/mol. The Kier molecular flexibility index (Phi) is 4.57. The Morgan fingerprint density at radius 1 is 1.38 bits per heavy atom. The number of nitrogens with two attached hydrogens (primary N) is 1. The van der Waals surface area contributed by atoms with E-state index in [0.29, 0.717) is 22.6 Å². The zero-order chi connectivity index (χ0) is 14.7. The van der Waals surface area contributed by atoms with Gasteiger partial charge in [0.1, 0.15) is 5.82 Å². The highest BCUT2D eigenvalue weighted by Gasteiger charge is 2.21. The third-order valence-electron chi connectivity index (χ3n) is 3.54. The maximum Gasteiger partial charge on any atom is 0.209 e. The number of hydrogen-bond acceptors (Lipinski definition) is 7. The molecule has 9 heteroatoms. The van der Waals surface area contributed by atoms with Gasteiger partial charge in [-0.2, -0.15) is 0 Å². The van der Waals surface area contributed by atoms with Crippen molar-refractivity contribution in [3.63, 3.8) is 0 Å². The lowest BCUT2D eigenvalue weighted by atomic mass is 10.3. The Morgan fingerprint density at radius 2 is 2.19 bits per heavy atom. The second kappa shape index (κ2) is 6.59. The first-order valence-corrected chi connectivity index (χ1v) is 8.17. The number of hydrazine groups is 1. The molecule has 0 unspecified atom stereocenters. The van der Waals surface area contributed by atoms with Gasteiger partial charge in [0.15, 0.2) is 0 Å². The number of rotatable bonds is 5. The normalized spacial score (nSPS) is 15.5. The van der Waals surface area contributed by atoms with Crippen molar-refractivity contribution in [3.8, 4) is 0 Å². The molecule has 2 heterocycles. The lowest BCUT2D eigenvalue weighted by molar-refractivity contribution is 0.423. The van der Waals surface area contributed by atoms with Crippen LogP contribution in [0, 0.1) is 0 Å². The van der Waals surface area contributed by atoms with Gasteiger partial charge in [-0.15, -0.1) is 5.10 Å². The standard InChI is InChI=1S/C12H16ClN7S/c13-9-5-6-11(16-14)15-10(9)7-21-12-17-18-19-20(12)8-3-1-2-4-8/h5-6,8H,1-4,7,14H2,(H,15,16). The minimum atomic E-state index is 0.419. The molecule has 0 bridgehead atoms. The molecule has 0 saturated heterocycles. The number of hydrogen-bond donors (Lipinski definition) is 2. The van der Waals surface area contributed by atoms with E-state index in [9.17, 15) is 0 Å². The summed E-state index contributed by atoms with van der Waals surface area (Å²) >= 11 is 7.70. The average molecular weight is 326 g/mol. The second-order valence-corrected chi connectivity index (χ2v) is 6.25. The number of thioether (sulfide) groups is 1. The van der Waals surface area contributed by atoms with Crippen LogP contribution in [0.1, 0.15) is 37.4 Å². The van der Waals surface area contributed by atoms with Crippen molar-refractivity contribution in [2.24, 2.45) is 5.84 Å². The third-order valence-corrected chi connectivity index (χ3v) is 4.83. The van der Waals surface area contributed by atoms with Gasteiger partial charge in [-0.05, 0) is 35.4 Å². The van der Waals surface area contributed by atoms with Gasteiger partial charge in [0.2, 0.25) is 5.16 Å². The molecule has 112 valence electrons. The number of nitrogens with zero attached hydrogens (tertiary/aromatic N) is 5. The number of nitrogens with one attached hydrogen (secondary N) is 1. The van der Waals surface area contributed by atoms with Crippen LogP contribution in [0.4, 0.5) is 5.82 Å². The zero-order valence-corrected chi connectivity index (χ0v) is 12.9. The van der Waals surface area contributed by atoms with E-state index in [1.54, 1.807) is 12.1 Å². The molecule has 2 aromatic rings. The first-order chi connectivity index (χ1) is 10.3. The fourth-order valence-corrected chi connectivity index (χ4v) is 3.61. The van der Waals surface area contributed by atoms with Gasteiger partial charge >= 0.3 is 0 Å². The maximum atomic E-state index is 6.16. The van der Waals surface area contributed by atoms with Gasteiger partial charge in [-0.3, -0.25) is 0 Å². The molecule has 0 radical (unpaired) electrons. The predicted octanol–water partition coefficient (Wildman–Crippen LogP) is 2.41. The van der Waals surface area contributed by atoms with Crippen molar-refractivity contribution < 1.29 is 0 Å². The molecule has 1 aliphatic carbocycles. The van der Waals surface area contributed by atoms with E-state index in [0.717, 1.165) is 23.7 Å². The van der Waals surface area contributed by atoms with E-state index in [1.807, 2.05) is 4.68 Å². The second-order valence-electron chi connectivity index (χ2n) is 4.90. The van der Waals surface area contributed by atoms with Crippen molar-refractivity contribution in [2.75, 3.05) is 5.43 Å². The Bertz CT molecular complexity index is 611. The van der Waals surface area contributed by atoms with Gasteiger partial charge in [0, 0.05) is 5.75 Å². The maximum absolute atomic E-state index is 6.16. The number of aromatic nitrogens is 5. The molecule has 1 saturated carbocycles. The molecule has 1 fully saturated rings. The molecule has 7 nitrogen and oxygen atoms in total. The molecule has 0 aromatic carbocycles. The monoisotopic (exact) mass is 325 g/mol. The molecule has 0 atom stereocenters. The first kappa shape index (κ1) is 14.6. The van der Waals surface area contributed by atoms with Crippen molar-refractivity contribution >= 4 is 29.2 Å². The summed E-state index contributed by atoms with van der Waals surface area (Å²) in [5.74, 6) is 6.55. The van der Waals surface area contributed by atoms with Crippen LogP contribution in [0.5, 0.6) is 0 Å². The van der Waals surface area contributed by atoms with Gasteiger partial charge in [0.05, 0.1) is 16.8 Å². The summed E-state index contributed by atoms with van der Waals surface area (Å²) in [5, 5.41) is 13.4. The van der Waals surface area contributed by atoms with E-state index in [-0.39, 0.29) is 0 Å². The van der Waals surface area contributed by atoms with Crippen LogP contribution in [0.25, 0.3) is 0 Å². The van der Waals surface area contributed by atoms with Crippen LogP contribution >= 0.6 is 23.4 Å². The number of halogens is 1. The highest BCUT2D eigenvalue weighted by Crippen LogP contribution is 2.32. The molecule has 3 N–H and O–H groups in total. The largest absolute Gasteiger partial charge is 0.308 e. The van der Waals surface area contributed by atoms with Crippen LogP contribution in [0.15, 0.2) is 17.3 Å².